The lowest BCUT2D eigenvalue weighted by molar-refractivity contribution is 0.301. The van der Waals surface area contributed by atoms with Gasteiger partial charge in [0, 0.05) is 18.4 Å². The number of aromatic nitrogens is 3. The molecular weight excluding hydrogens is 386 g/mol. The van der Waals surface area contributed by atoms with Crippen molar-refractivity contribution in [1.29, 1.82) is 0 Å². The smallest absolute Gasteiger partial charge is 0.240 e. The quantitative estimate of drug-likeness (QED) is 0.552. The zero-order valence-electron chi connectivity index (χ0n) is 14.8. The number of nitrogens with one attached hydrogen (secondary N) is 2. The van der Waals surface area contributed by atoms with Crippen molar-refractivity contribution in [2.45, 2.75) is 18.7 Å². The van der Waals surface area contributed by atoms with E-state index in [2.05, 4.69) is 25.0 Å². The van der Waals surface area contributed by atoms with Crippen LogP contribution in [0.4, 0.5) is 11.6 Å². The zero-order valence-corrected chi connectivity index (χ0v) is 16.4. The van der Waals surface area contributed by atoms with E-state index in [1.807, 2.05) is 19.9 Å². The Labute approximate surface area is 161 Å². The van der Waals surface area contributed by atoms with E-state index in [1.165, 1.54) is 12.1 Å². The molecule has 27 heavy (non-hydrogen) atoms. The van der Waals surface area contributed by atoms with Crippen LogP contribution in [0.2, 0.25) is 0 Å². The van der Waals surface area contributed by atoms with Gasteiger partial charge >= 0.3 is 0 Å². The molecule has 0 aliphatic heterocycles. The average Bonchev–Trinajstić information content (AvgIpc) is 2.99. The molecule has 3 N–H and O–H groups in total. The molecule has 0 aliphatic carbocycles. The van der Waals surface area contributed by atoms with E-state index in [0.29, 0.717) is 11.6 Å². The van der Waals surface area contributed by atoms with E-state index in [0.717, 1.165) is 21.3 Å². The van der Waals surface area contributed by atoms with Crippen molar-refractivity contribution >= 4 is 33.0 Å². The minimum absolute atomic E-state index is 0.0429. The Bertz CT molecular complexity index is 1050. The standard InChI is InChI=1S/C17H19N5O3S2/c1-11-16(26-12(2)20-11)15-6-7-18-17(22-15)21-13-4-3-5-14(10-13)27(24,25)19-8-9-23/h3-7,10,19,23H,8-9H2,1-2H3,(H,18,21,22). The van der Waals surface area contributed by atoms with E-state index >= 15 is 0 Å². The molecule has 0 bridgehead atoms. The third-order valence-corrected chi connectivity index (χ3v) is 6.15. The first-order valence-electron chi connectivity index (χ1n) is 8.14. The van der Waals surface area contributed by atoms with E-state index in [9.17, 15) is 8.42 Å². The summed E-state index contributed by atoms with van der Waals surface area (Å²) in [5, 5.41) is 12.8. The maximum atomic E-state index is 12.2. The summed E-state index contributed by atoms with van der Waals surface area (Å²) in [7, 11) is -3.69. The Balaban J connectivity index is 1.85. The molecule has 3 aromatic rings. The van der Waals surface area contributed by atoms with E-state index < -0.39 is 10.0 Å². The number of nitrogens with zero attached hydrogens (tertiary/aromatic N) is 3. The van der Waals surface area contributed by atoms with Gasteiger partial charge < -0.3 is 10.4 Å². The second kappa shape index (κ2) is 8.09. The van der Waals surface area contributed by atoms with Crippen molar-refractivity contribution in [3.63, 3.8) is 0 Å². The lowest BCUT2D eigenvalue weighted by Gasteiger charge is -2.09. The average molecular weight is 406 g/mol. The molecule has 0 amide bonds. The summed E-state index contributed by atoms with van der Waals surface area (Å²) in [5.41, 5.74) is 2.20. The van der Waals surface area contributed by atoms with Gasteiger partial charge in [-0.2, -0.15) is 0 Å². The summed E-state index contributed by atoms with van der Waals surface area (Å²) < 4.78 is 26.7. The van der Waals surface area contributed by atoms with E-state index in [1.54, 1.807) is 29.7 Å². The fourth-order valence-electron chi connectivity index (χ4n) is 2.45. The molecule has 10 heteroatoms. The summed E-state index contributed by atoms with van der Waals surface area (Å²) in [6.45, 7) is 3.56. The molecule has 8 nitrogen and oxygen atoms in total. The van der Waals surface area contributed by atoms with Gasteiger partial charge in [-0.05, 0) is 38.1 Å². The van der Waals surface area contributed by atoms with Crippen molar-refractivity contribution < 1.29 is 13.5 Å². The van der Waals surface area contributed by atoms with Crippen LogP contribution in [0.3, 0.4) is 0 Å². The number of aryl methyl sites for hydroxylation is 2. The number of thiazole rings is 1. The number of hydrogen-bond acceptors (Lipinski definition) is 8. The molecule has 1 aromatic carbocycles. The van der Waals surface area contributed by atoms with Crippen molar-refractivity contribution in [2.24, 2.45) is 0 Å². The van der Waals surface area contributed by atoms with Gasteiger partial charge in [0.15, 0.2) is 0 Å². The number of hydrogen-bond donors (Lipinski definition) is 3. The van der Waals surface area contributed by atoms with Gasteiger partial charge in [-0.1, -0.05) is 6.07 Å². The zero-order chi connectivity index (χ0) is 19.4. The number of benzene rings is 1. The second-order valence-electron chi connectivity index (χ2n) is 5.69. The fraction of sp³-hybridized carbons (Fsp3) is 0.235. The summed E-state index contributed by atoms with van der Waals surface area (Å²) in [6, 6.07) is 8.12. The van der Waals surface area contributed by atoms with Gasteiger partial charge in [0.25, 0.3) is 0 Å². The number of sulfonamides is 1. The minimum Gasteiger partial charge on any atom is -0.395 e. The maximum Gasteiger partial charge on any atom is 0.240 e. The third kappa shape index (κ3) is 4.66. The van der Waals surface area contributed by atoms with Crippen molar-refractivity contribution in [3.05, 3.63) is 47.2 Å². The van der Waals surface area contributed by atoms with Crippen LogP contribution in [0.5, 0.6) is 0 Å². The summed E-state index contributed by atoms with van der Waals surface area (Å²) in [4.78, 5) is 14.2. The molecule has 2 aromatic heterocycles. The van der Waals surface area contributed by atoms with Crippen LogP contribution in [0.1, 0.15) is 10.7 Å². The number of aliphatic hydroxyl groups is 1. The Hall–Kier alpha value is -2.40. The monoisotopic (exact) mass is 405 g/mol. The Kier molecular flexibility index (Phi) is 5.80. The van der Waals surface area contributed by atoms with Crippen molar-refractivity contribution in [3.8, 4) is 10.6 Å². The Morgan fingerprint density at radius 2 is 2.00 bits per heavy atom. The highest BCUT2D eigenvalue weighted by atomic mass is 32.2. The maximum absolute atomic E-state index is 12.2. The van der Waals surface area contributed by atoms with Crippen LogP contribution >= 0.6 is 11.3 Å². The SMILES string of the molecule is Cc1nc(C)c(-c2ccnc(Nc3cccc(S(=O)(=O)NCCO)c3)n2)s1. The predicted molar refractivity (Wildman–Crippen MR) is 105 cm³/mol. The lowest BCUT2D eigenvalue weighted by Crippen LogP contribution is -2.26. The molecule has 0 saturated heterocycles. The molecule has 0 fully saturated rings. The van der Waals surface area contributed by atoms with Crippen LogP contribution in [-0.4, -0.2) is 41.6 Å². The highest BCUT2D eigenvalue weighted by Crippen LogP contribution is 2.29. The molecule has 0 unspecified atom stereocenters. The largest absolute Gasteiger partial charge is 0.395 e. The van der Waals surface area contributed by atoms with Gasteiger partial charge in [-0.3, -0.25) is 0 Å². The molecule has 0 saturated carbocycles. The molecule has 142 valence electrons. The summed E-state index contributed by atoms with van der Waals surface area (Å²) in [5.74, 6) is 0.357. The molecule has 3 rings (SSSR count). The molecule has 0 atom stereocenters. The van der Waals surface area contributed by atoms with Gasteiger partial charge in [0.05, 0.1) is 32.8 Å². The van der Waals surface area contributed by atoms with Crippen LogP contribution in [0.15, 0.2) is 41.4 Å². The van der Waals surface area contributed by atoms with Crippen LogP contribution in [-0.2, 0) is 10.0 Å². The van der Waals surface area contributed by atoms with Crippen molar-refractivity contribution in [2.75, 3.05) is 18.5 Å². The third-order valence-electron chi connectivity index (χ3n) is 3.60. The highest BCUT2D eigenvalue weighted by molar-refractivity contribution is 7.89. The van der Waals surface area contributed by atoms with E-state index in [4.69, 9.17) is 5.11 Å². The Morgan fingerprint density at radius 3 is 2.70 bits per heavy atom. The Morgan fingerprint density at radius 1 is 1.19 bits per heavy atom. The first-order chi connectivity index (χ1) is 12.9. The number of anilines is 2. The molecule has 0 spiro atoms. The van der Waals surface area contributed by atoms with Crippen LogP contribution in [0.25, 0.3) is 10.6 Å². The normalized spacial score (nSPS) is 11.5. The highest BCUT2D eigenvalue weighted by Gasteiger charge is 2.14. The predicted octanol–water partition coefficient (Wildman–Crippen LogP) is 2.23. The minimum atomic E-state index is -3.69. The molecule has 0 aliphatic rings. The second-order valence-corrected chi connectivity index (χ2v) is 8.66. The van der Waals surface area contributed by atoms with Crippen LogP contribution in [0, 0.1) is 13.8 Å². The van der Waals surface area contributed by atoms with Crippen LogP contribution < -0.4 is 10.0 Å². The fourth-order valence-corrected chi connectivity index (χ4v) is 4.40. The summed E-state index contributed by atoms with van der Waals surface area (Å²) >= 11 is 1.56. The van der Waals surface area contributed by atoms with Gasteiger partial charge in [0.2, 0.25) is 16.0 Å². The first-order valence-corrected chi connectivity index (χ1v) is 10.4. The van der Waals surface area contributed by atoms with E-state index in [-0.39, 0.29) is 18.0 Å². The van der Waals surface area contributed by atoms with Crippen molar-refractivity contribution in [1.82, 2.24) is 19.7 Å². The lowest BCUT2D eigenvalue weighted by atomic mass is 10.3. The number of rotatable bonds is 7. The molecule has 0 radical (unpaired) electrons. The van der Waals surface area contributed by atoms with Gasteiger partial charge in [-0.15, -0.1) is 11.3 Å². The number of aliphatic hydroxyl groups excluding tert-OH is 1. The first kappa shape index (κ1) is 19.4. The molecular formula is C17H19N5O3S2. The molecule has 2 heterocycles. The van der Waals surface area contributed by atoms with Gasteiger partial charge in [-0.25, -0.2) is 28.1 Å². The topological polar surface area (TPSA) is 117 Å². The van der Waals surface area contributed by atoms with Gasteiger partial charge in [0.1, 0.15) is 0 Å². The summed E-state index contributed by atoms with van der Waals surface area (Å²) in [6.07, 6.45) is 1.64.